The van der Waals surface area contributed by atoms with Gasteiger partial charge in [0.25, 0.3) is 5.91 Å². The number of benzene rings is 2. The molecule has 0 unspecified atom stereocenters. The van der Waals surface area contributed by atoms with Gasteiger partial charge in [-0.15, -0.1) is 0 Å². The molecule has 0 radical (unpaired) electrons. The van der Waals surface area contributed by atoms with E-state index in [0.29, 0.717) is 55.1 Å². The van der Waals surface area contributed by atoms with Crippen LogP contribution >= 0.6 is 0 Å². The normalized spacial score (nSPS) is 19.5. The number of amides is 3. The Kier molecular flexibility index (Phi) is 8.95. The third-order valence-electron chi connectivity index (χ3n) is 6.47. The van der Waals surface area contributed by atoms with Crippen LogP contribution in [0.1, 0.15) is 48.0 Å². The van der Waals surface area contributed by atoms with E-state index in [1.807, 2.05) is 0 Å². The minimum atomic E-state index is -0.506. The number of hydrogen-bond acceptors (Lipinski definition) is 6. The van der Waals surface area contributed by atoms with Crippen molar-refractivity contribution < 1.29 is 28.2 Å². The zero-order valence-corrected chi connectivity index (χ0v) is 21.0. The molecule has 10 heteroatoms. The second kappa shape index (κ2) is 12.5. The molecule has 1 fully saturated rings. The van der Waals surface area contributed by atoms with Gasteiger partial charge in [-0.05, 0) is 68.1 Å². The largest absolute Gasteiger partial charge is 0.493 e. The molecule has 3 amide bonds. The summed E-state index contributed by atoms with van der Waals surface area (Å²) in [5.74, 6) is -0.0570. The number of methoxy groups -OCH3 is 1. The van der Waals surface area contributed by atoms with Gasteiger partial charge in [0.1, 0.15) is 11.6 Å². The summed E-state index contributed by atoms with van der Waals surface area (Å²) >= 11 is 0. The molecule has 2 aromatic rings. The van der Waals surface area contributed by atoms with E-state index in [9.17, 15) is 18.8 Å². The third-order valence-corrected chi connectivity index (χ3v) is 6.47. The fourth-order valence-corrected chi connectivity index (χ4v) is 4.54. The smallest absolute Gasteiger partial charge is 0.251 e. The second-order valence-corrected chi connectivity index (χ2v) is 9.23. The van der Waals surface area contributed by atoms with Crippen molar-refractivity contribution in [2.24, 2.45) is 0 Å². The summed E-state index contributed by atoms with van der Waals surface area (Å²) in [5, 5.41) is 8.93. The predicted octanol–water partition coefficient (Wildman–Crippen LogP) is 2.74. The van der Waals surface area contributed by atoms with Gasteiger partial charge in [0.15, 0.2) is 11.5 Å². The zero-order chi connectivity index (χ0) is 26.2. The molecule has 3 heterocycles. The van der Waals surface area contributed by atoms with Gasteiger partial charge in [-0.2, -0.15) is 0 Å². The van der Waals surface area contributed by atoms with E-state index in [2.05, 4.69) is 16.0 Å². The van der Waals surface area contributed by atoms with Crippen LogP contribution in [0.15, 0.2) is 36.4 Å². The Morgan fingerprint density at radius 2 is 1.89 bits per heavy atom. The number of halogens is 1. The van der Waals surface area contributed by atoms with E-state index in [-0.39, 0.29) is 42.5 Å². The van der Waals surface area contributed by atoms with Crippen molar-refractivity contribution in [3.63, 3.8) is 0 Å². The fraction of sp³-hybridized carbons (Fsp3) is 0.444. The van der Waals surface area contributed by atoms with Gasteiger partial charge in [0, 0.05) is 44.2 Å². The lowest BCUT2D eigenvalue weighted by Gasteiger charge is -2.26. The van der Waals surface area contributed by atoms with Crippen LogP contribution in [0.3, 0.4) is 0 Å². The summed E-state index contributed by atoms with van der Waals surface area (Å²) in [6, 6.07) is 8.76. The molecule has 1 atom stereocenters. The molecule has 3 aliphatic heterocycles. The molecule has 4 bridgehead atoms. The van der Waals surface area contributed by atoms with Gasteiger partial charge < -0.3 is 30.3 Å². The monoisotopic (exact) mass is 512 g/mol. The highest BCUT2D eigenvalue weighted by Crippen LogP contribution is 2.33. The standard InChI is InChI=1S/C27H33FN4O5/c1-36-24-15-19-7-8-23(24)37-21-14-18(13-20(28)16-21)17-31-25(33)6-3-11-32(12-4-10-30-26(19)34)27(35)22-5-2-9-29-22/h7-8,13-16,22,29H,2-6,9-12,17H2,1H3,(H,30,34)(H,31,33)/t22-/m0/s1. The highest BCUT2D eigenvalue weighted by molar-refractivity contribution is 5.94. The van der Waals surface area contributed by atoms with Crippen LogP contribution in [0.5, 0.6) is 17.2 Å². The van der Waals surface area contributed by atoms with Crippen LogP contribution in [0, 0.1) is 5.82 Å². The van der Waals surface area contributed by atoms with E-state index in [1.54, 1.807) is 29.2 Å². The van der Waals surface area contributed by atoms with E-state index in [4.69, 9.17) is 9.47 Å². The molecule has 0 aliphatic carbocycles. The van der Waals surface area contributed by atoms with Crippen molar-refractivity contribution >= 4 is 17.7 Å². The number of fused-ring (bicyclic) bond motifs is 13. The molecule has 0 saturated carbocycles. The lowest BCUT2D eigenvalue weighted by molar-refractivity contribution is -0.133. The van der Waals surface area contributed by atoms with Gasteiger partial charge >= 0.3 is 0 Å². The Labute approximate surface area is 215 Å². The van der Waals surface area contributed by atoms with E-state index in [0.717, 1.165) is 19.4 Å². The van der Waals surface area contributed by atoms with Gasteiger partial charge in [0.2, 0.25) is 11.8 Å². The fourth-order valence-electron chi connectivity index (χ4n) is 4.54. The quantitative estimate of drug-likeness (QED) is 0.571. The first-order chi connectivity index (χ1) is 17.9. The number of hydrogen-bond donors (Lipinski definition) is 3. The summed E-state index contributed by atoms with van der Waals surface area (Å²) in [6.45, 7) is 2.25. The lowest BCUT2D eigenvalue weighted by Crippen LogP contribution is -2.45. The Morgan fingerprint density at radius 3 is 2.68 bits per heavy atom. The number of ether oxygens (including phenoxy) is 2. The Balaban J connectivity index is 1.54. The lowest BCUT2D eigenvalue weighted by atomic mass is 10.1. The van der Waals surface area contributed by atoms with Gasteiger partial charge in [0.05, 0.1) is 13.2 Å². The topological polar surface area (TPSA) is 109 Å². The molecule has 3 aliphatic rings. The molecule has 1 saturated heterocycles. The first kappa shape index (κ1) is 26.4. The first-order valence-electron chi connectivity index (χ1n) is 12.7. The first-order valence-corrected chi connectivity index (χ1v) is 12.7. The zero-order valence-electron chi connectivity index (χ0n) is 21.0. The van der Waals surface area contributed by atoms with Gasteiger partial charge in [-0.25, -0.2) is 4.39 Å². The number of nitrogens with zero attached hydrogens (tertiary/aromatic N) is 1. The van der Waals surface area contributed by atoms with Gasteiger partial charge in [-0.3, -0.25) is 14.4 Å². The molecule has 0 aromatic heterocycles. The van der Waals surface area contributed by atoms with Crippen LogP contribution in [0.25, 0.3) is 0 Å². The Morgan fingerprint density at radius 1 is 1.05 bits per heavy atom. The maximum Gasteiger partial charge on any atom is 0.251 e. The minimum Gasteiger partial charge on any atom is -0.493 e. The summed E-state index contributed by atoms with van der Waals surface area (Å²) < 4.78 is 25.5. The summed E-state index contributed by atoms with van der Waals surface area (Å²) in [7, 11) is 1.46. The maximum absolute atomic E-state index is 14.3. The van der Waals surface area contributed by atoms with Crippen molar-refractivity contribution in [3.05, 3.63) is 53.3 Å². The number of carbonyl (C=O) groups excluding carboxylic acids is 3. The molecule has 5 rings (SSSR count). The second-order valence-electron chi connectivity index (χ2n) is 9.23. The number of rotatable bonds is 2. The molecular formula is C27H33FN4O5. The minimum absolute atomic E-state index is 0.0268. The van der Waals surface area contributed by atoms with Gasteiger partial charge in [-0.1, -0.05) is 0 Å². The highest BCUT2D eigenvalue weighted by Gasteiger charge is 2.26. The van der Waals surface area contributed by atoms with Crippen molar-refractivity contribution in [1.29, 1.82) is 0 Å². The summed E-state index contributed by atoms with van der Waals surface area (Å²) in [5.41, 5.74) is 0.932. The van der Waals surface area contributed by atoms with Crippen molar-refractivity contribution in [2.75, 3.05) is 33.3 Å². The summed E-state index contributed by atoms with van der Waals surface area (Å²) in [4.78, 5) is 40.0. The molecule has 3 N–H and O–H groups in total. The highest BCUT2D eigenvalue weighted by atomic mass is 19.1. The van der Waals surface area contributed by atoms with E-state index in [1.165, 1.54) is 19.2 Å². The molecule has 2 aromatic carbocycles. The molecule has 0 spiro atoms. The molecule has 9 nitrogen and oxygen atoms in total. The molecule has 37 heavy (non-hydrogen) atoms. The Bertz CT molecular complexity index is 1140. The van der Waals surface area contributed by atoms with Crippen LogP contribution < -0.4 is 25.4 Å². The van der Waals surface area contributed by atoms with Crippen molar-refractivity contribution in [1.82, 2.24) is 20.9 Å². The number of carbonyl (C=O) groups is 3. The SMILES string of the molecule is COc1cc2ccc1Oc1cc(F)cc(c1)CNC(=O)CCCN(C(=O)[C@@H]1CCCN1)CCCNC2=O. The summed E-state index contributed by atoms with van der Waals surface area (Å²) in [6.07, 6.45) is 3.07. The average molecular weight is 513 g/mol. The number of nitrogens with one attached hydrogen (secondary N) is 3. The Hall–Kier alpha value is -3.66. The van der Waals surface area contributed by atoms with Crippen LogP contribution in [0.4, 0.5) is 4.39 Å². The van der Waals surface area contributed by atoms with Crippen molar-refractivity contribution in [2.45, 2.75) is 44.7 Å². The maximum atomic E-state index is 14.3. The van der Waals surface area contributed by atoms with E-state index >= 15 is 0 Å². The van der Waals surface area contributed by atoms with Crippen LogP contribution in [0.2, 0.25) is 0 Å². The van der Waals surface area contributed by atoms with Crippen molar-refractivity contribution in [3.8, 4) is 17.2 Å². The van der Waals surface area contributed by atoms with Crippen LogP contribution in [-0.2, 0) is 16.1 Å². The predicted molar refractivity (Wildman–Crippen MR) is 135 cm³/mol. The van der Waals surface area contributed by atoms with Crippen LogP contribution in [-0.4, -0.2) is 62.0 Å². The molecule has 198 valence electrons. The third kappa shape index (κ3) is 7.19. The average Bonchev–Trinajstić information content (AvgIpc) is 3.43. The van der Waals surface area contributed by atoms with E-state index < -0.39 is 5.82 Å². The molecular weight excluding hydrogens is 479 g/mol.